The highest BCUT2D eigenvalue weighted by molar-refractivity contribution is 5.30. The maximum Gasteiger partial charge on any atom is 0.165 e. The molecule has 1 atom stereocenters. The van der Waals surface area contributed by atoms with Crippen molar-refractivity contribution in [2.75, 3.05) is 20.3 Å². The molecule has 3 nitrogen and oxygen atoms in total. The van der Waals surface area contributed by atoms with Crippen molar-refractivity contribution in [2.45, 2.75) is 31.8 Å². The molecule has 1 fully saturated rings. The van der Waals surface area contributed by atoms with E-state index in [2.05, 4.69) is 12.2 Å². The van der Waals surface area contributed by atoms with E-state index in [1.165, 1.54) is 13.2 Å². The van der Waals surface area contributed by atoms with Crippen molar-refractivity contribution < 1.29 is 13.9 Å². The molecule has 0 bridgehead atoms. The third-order valence-corrected chi connectivity index (χ3v) is 3.38. The van der Waals surface area contributed by atoms with Crippen LogP contribution in [-0.2, 0) is 4.74 Å². The summed E-state index contributed by atoms with van der Waals surface area (Å²) >= 11 is 0. The number of ether oxygens (including phenoxy) is 2. The van der Waals surface area contributed by atoms with Gasteiger partial charge in [0.25, 0.3) is 0 Å². The minimum atomic E-state index is -0.310. The first kappa shape index (κ1) is 13.3. The smallest absolute Gasteiger partial charge is 0.165 e. The largest absolute Gasteiger partial charge is 0.494 e. The van der Waals surface area contributed by atoms with Crippen molar-refractivity contribution in [1.29, 1.82) is 0 Å². The van der Waals surface area contributed by atoms with E-state index in [-0.39, 0.29) is 17.6 Å². The topological polar surface area (TPSA) is 30.5 Å². The van der Waals surface area contributed by atoms with Gasteiger partial charge in [0.1, 0.15) is 0 Å². The van der Waals surface area contributed by atoms with E-state index in [1.54, 1.807) is 6.07 Å². The lowest BCUT2D eigenvalue weighted by Crippen LogP contribution is -2.36. The number of hydrogen-bond donors (Lipinski definition) is 1. The van der Waals surface area contributed by atoms with Crippen molar-refractivity contribution in [1.82, 2.24) is 5.32 Å². The molecule has 1 heterocycles. The fraction of sp³-hybridized carbons (Fsp3) is 0.571. The van der Waals surface area contributed by atoms with E-state index in [0.717, 1.165) is 31.6 Å². The van der Waals surface area contributed by atoms with Crippen molar-refractivity contribution in [3.63, 3.8) is 0 Å². The summed E-state index contributed by atoms with van der Waals surface area (Å²) in [4.78, 5) is 0. The lowest BCUT2D eigenvalue weighted by Gasteiger charge is -2.27. The molecule has 0 aromatic heterocycles. The molecule has 1 unspecified atom stereocenters. The van der Waals surface area contributed by atoms with Crippen molar-refractivity contribution >= 4 is 0 Å². The maximum absolute atomic E-state index is 13.6. The zero-order valence-corrected chi connectivity index (χ0v) is 10.9. The Balaban J connectivity index is 1.99. The normalized spacial score (nSPS) is 18.6. The minimum absolute atomic E-state index is 0.133. The van der Waals surface area contributed by atoms with Gasteiger partial charge in [-0.2, -0.15) is 0 Å². The van der Waals surface area contributed by atoms with Crippen LogP contribution in [0.1, 0.15) is 31.4 Å². The fourth-order valence-electron chi connectivity index (χ4n) is 2.27. The lowest BCUT2D eigenvalue weighted by atomic mass is 10.0. The van der Waals surface area contributed by atoms with E-state index >= 15 is 0 Å². The Morgan fingerprint density at radius 3 is 2.72 bits per heavy atom. The van der Waals surface area contributed by atoms with E-state index < -0.39 is 0 Å². The summed E-state index contributed by atoms with van der Waals surface area (Å²) in [6.07, 6.45) is 2.03. The first-order valence-corrected chi connectivity index (χ1v) is 6.38. The predicted molar refractivity (Wildman–Crippen MR) is 68.3 cm³/mol. The summed E-state index contributed by atoms with van der Waals surface area (Å²) in [7, 11) is 1.47. The SMILES string of the molecule is COc1ccc(C(C)NC2CCOCC2)cc1F. The van der Waals surface area contributed by atoms with Crippen LogP contribution in [0, 0.1) is 5.82 Å². The Bertz CT molecular complexity index is 391. The summed E-state index contributed by atoms with van der Waals surface area (Å²) in [5.74, 6) is -0.0207. The number of halogens is 1. The van der Waals surface area contributed by atoms with Crippen molar-refractivity contribution in [2.24, 2.45) is 0 Å². The predicted octanol–water partition coefficient (Wildman–Crippen LogP) is 2.66. The molecular weight excluding hydrogens is 233 g/mol. The van der Waals surface area contributed by atoms with Crippen LogP contribution in [-0.4, -0.2) is 26.4 Å². The van der Waals surface area contributed by atoms with Crippen LogP contribution < -0.4 is 10.1 Å². The molecule has 0 spiro atoms. The molecule has 1 aliphatic rings. The number of benzene rings is 1. The Hall–Kier alpha value is -1.13. The zero-order valence-electron chi connectivity index (χ0n) is 10.9. The van der Waals surface area contributed by atoms with Crippen LogP contribution in [0.15, 0.2) is 18.2 Å². The van der Waals surface area contributed by atoms with Crippen molar-refractivity contribution in [3.8, 4) is 5.75 Å². The molecule has 0 amide bonds. The first-order chi connectivity index (χ1) is 8.70. The third-order valence-electron chi connectivity index (χ3n) is 3.38. The Labute approximate surface area is 107 Å². The molecule has 2 rings (SSSR count). The van der Waals surface area contributed by atoms with Crippen LogP contribution in [0.25, 0.3) is 0 Å². The molecule has 0 radical (unpaired) electrons. The summed E-state index contributed by atoms with van der Waals surface area (Å²) < 4.78 is 23.9. The molecule has 1 saturated heterocycles. The Morgan fingerprint density at radius 2 is 2.11 bits per heavy atom. The standard InChI is InChI=1S/C14H20FNO2/c1-10(16-12-5-7-18-8-6-12)11-3-4-14(17-2)13(15)9-11/h3-4,9-10,12,16H,5-8H2,1-2H3. The summed E-state index contributed by atoms with van der Waals surface area (Å²) in [6, 6.07) is 5.70. The highest BCUT2D eigenvalue weighted by atomic mass is 19.1. The first-order valence-electron chi connectivity index (χ1n) is 6.38. The van der Waals surface area contributed by atoms with Crippen LogP contribution in [0.3, 0.4) is 0 Å². The number of rotatable bonds is 4. The molecule has 4 heteroatoms. The second-order valence-corrected chi connectivity index (χ2v) is 4.67. The average Bonchev–Trinajstić information content (AvgIpc) is 2.39. The van der Waals surface area contributed by atoms with Gasteiger partial charge in [0.15, 0.2) is 11.6 Å². The van der Waals surface area contributed by atoms with Crippen LogP contribution in [0.4, 0.5) is 4.39 Å². The van der Waals surface area contributed by atoms with Gasteiger partial charge in [0.2, 0.25) is 0 Å². The van der Waals surface area contributed by atoms with E-state index in [4.69, 9.17) is 9.47 Å². The van der Waals surface area contributed by atoms with Gasteiger partial charge in [-0.15, -0.1) is 0 Å². The highest BCUT2D eigenvalue weighted by Crippen LogP contribution is 2.22. The van der Waals surface area contributed by atoms with Gasteiger partial charge in [0, 0.05) is 25.3 Å². The van der Waals surface area contributed by atoms with Crippen LogP contribution in [0.2, 0.25) is 0 Å². The minimum Gasteiger partial charge on any atom is -0.494 e. The fourth-order valence-corrected chi connectivity index (χ4v) is 2.27. The molecule has 18 heavy (non-hydrogen) atoms. The van der Waals surface area contributed by atoms with Gasteiger partial charge in [-0.05, 0) is 37.5 Å². The monoisotopic (exact) mass is 253 g/mol. The Morgan fingerprint density at radius 1 is 1.39 bits per heavy atom. The van der Waals surface area contributed by atoms with Crippen LogP contribution in [0.5, 0.6) is 5.75 Å². The highest BCUT2D eigenvalue weighted by Gasteiger charge is 2.17. The number of hydrogen-bond acceptors (Lipinski definition) is 3. The maximum atomic E-state index is 13.6. The Kier molecular flexibility index (Phi) is 4.55. The van der Waals surface area contributed by atoms with Gasteiger partial charge in [-0.25, -0.2) is 4.39 Å². The lowest BCUT2D eigenvalue weighted by molar-refractivity contribution is 0.0754. The molecule has 100 valence electrons. The summed E-state index contributed by atoms with van der Waals surface area (Å²) in [5.41, 5.74) is 0.944. The average molecular weight is 253 g/mol. The molecule has 1 aromatic carbocycles. The van der Waals surface area contributed by atoms with Gasteiger partial charge < -0.3 is 14.8 Å². The van der Waals surface area contributed by atoms with Gasteiger partial charge in [-0.1, -0.05) is 6.07 Å². The van der Waals surface area contributed by atoms with Gasteiger partial charge in [0.05, 0.1) is 7.11 Å². The second kappa shape index (κ2) is 6.16. The van der Waals surface area contributed by atoms with Gasteiger partial charge >= 0.3 is 0 Å². The molecule has 0 aliphatic carbocycles. The molecule has 1 N–H and O–H groups in total. The quantitative estimate of drug-likeness (QED) is 0.895. The van der Waals surface area contributed by atoms with E-state index in [9.17, 15) is 4.39 Å². The number of methoxy groups -OCH3 is 1. The third kappa shape index (κ3) is 3.21. The van der Waals surface area contributed by atoms with Crippen molar-refractivity contribution in [3.05, 3.63) is 29.6 Å². The van der Waals surface area contributed by atoms with Crippen LogP contribution >= 0.6 is 0 Å². The zero-order chi connectivity index (χ0) is 13.0. The molecule has 1 aliphatic heterocycles. The molecular formula is C14H20FNO2. The van der Waals surface area contributed by atoms with E-state index in [1.807, 2.05) is 6.07 Å². The second-order valence-electron chi connectivity index (χ2n) is 4.67. The van der Waals surface area contributed by atoms with E-state index in [0.29, 0.717) is 6.04 Å². The van der Waals surface area contributed by atoms with Gasteiger partial charge in [-0.3, -0.25) is 0 Å². The number of nitrogens with one attached hydrogen (secondary N) is 1. The molecule has 1 aromatic rings. The summed E-state index contributed by atoms with van der Waals surface area (Å²) in [6.45, 7) is 3.67. The summed E-state index contributed by atoms with van der Waals surface area (Å²) in [5, 5.41) is 3.51. The molecule has 0 saturated carbocycles.